The van der Waals surface area contributed by atoms with E-state index in [9.17, 15) is 5.11 Å². The smallest absolute Gasteiger partial charge is 0.230 e. The first-order valence-electron chi connectivity index (χ1n) is 13.7. The molecule has 0 amide bonds. The van der Waals surface area contributed by atoms with E-state index in [1.165, 1.54) is 12.4 Å². The molecule has 11 nitrogen and oxygen atoms in total. The van der Waals surface area contributed by atoms with Crippen molar-refractivity contribution >= 4 is 22.4 Å². The van der Waals surface area contributed by atoms with E-state index >= 15 is 0 Å². The van der Waals surface area contributed by atoms with Crippen LogP contribution in [0.25, 0.3) is 10.9 Å². The van der Waals surface area contributed by atoms with Crippen molar-refractivity contribution in [3.05, 3.63) is 54.6 Å². The number of aliphatic hydroxyl groups is 2. The van der Waals surface area contributed by atoms with E-state index in [0.29, 0.717) is 46.3 Å². The molecule has 4 rings (SSSR count). The second-order valence-electron chi connectivity index (χ2n) is 10.9. The molecule has 3 aromatic rings. The normalized spacial score (nSPS) is 15.1. The summed E-state index contributed by atoms with van der Waals surface area (Å²) < 4.78 is 17.9. The highest BCUT2D eigenvalue weighted by molar-refractivity contribution is 6.01. The lowest BCUT2D eigenvalue weighted by Gasteiger charge is -2.34. The molecule has 0 unspecified atom stereocenters. The highest BCUT2D eigenvalue weighted by atomic mass is 16.5. The van der Waals surface area contributed by atoms with E-state index in [2.05, 4.69) is 25.1 Å². The first-order chi connectivity index (χ1) is 19.7. The number of aromatic nitrogens is 2. The summed E-state index contributed by atoms with van der Waals surface area (Å²) in [6, 6.07) is 10.8. The van der Waals surface area contributed by atoms with E-state index in [1.54, 1.807) is 25.3 Å². The average molecular weight is 565 g/mol. The van der Waals surface area contributed by atoms with Gasteiger partial charge in [0.05, 0.1) is 24.6 Å². The number of fused-ring (bicyclic) bond motifs is 1. The number of hydrogen-bond acceptors (Lipinski definition) is 10. The van der Waals surface area contributed by atoms with E-state index in [1.807, 2.05) is 39.0 Å². The van der Waals surface area contributed by atoms with Crippen molar-refractivity contribution < 1.29 is 24.4 Å². The summed E-state index contributed by atoms with van der Waals surface area (Å²) in [6.07, 6.45) is 2.84. The van der Waals surface area contributed by atoms with Gasteiger partial charge in [-0.05, 0) is 18.2 Å². The van der Waals surface area contributed by atoms with Gasteiger partial charge in [0.1, 0.15) is 30.3 Å². The Morgan fingerprint density at radius 2 is 1.78 bits per heavy atom. The zero-order valence-electron chi connectivity index (χ0n) is 24.2. The number of anilines is 1. The first-order valence-corrected chi connectivity index (χ1v) is 13.7. The first kappa shape index (κ1) is 30.0. The maximum absolute atomic E-state index is 10.2. The Hall–Kier alpha value is -3.93. The molecule has 1 fully saturated rings. The molecule has 1 aliphatic heterocycles. The largest absolute Gasteiger partial charge is 0.512 e. The van der Waals surface area contributed by atoms with E-state index < -0.39 is 5.41 Å². The van der Waals surface area contributed by atoms with Gasteiger partial charge in [0.15, 0.2) is 11.5 Å². The Bertz CT molecular complexity index is 1370. The third-order valence-corrected chi connectivity index (χ3v) is 6.81. The number of ether oxygens (including phenoxy) is 3. The number of methoxy groups -OCH3 is 1. The van der Waals surface area contributed by atoms with Crippen LogP contribution < -0.4 is 19.5 Å². The Morgan fingerprint density at radius 1 is 1.05 bits per heavy atom. The number of rotatable bonds is 11. The van der Waals surface area contributed by atoms with Crippen LogP contribution in [0.4, 0.5) is 5.69 Å². The monoisotopic (exact) mass is 564 g/mol. The fraction of sp³-hybridized carbons (Fsp3) is 0.433. The number of nitrogens with one attached hydrogen (secondary N) is 2. The number of allylic oxidation sites excluding steroid dienone is 1. The molecule has 0 saturated carbocycles. The molecule has 0 radical (unpaired) electrons. The van der Waals surface area contributed by atoms with Crippen LogP contribution in [0.1, 0.15) is 20.8 Å². The van der Waals surface area contributed by atoms with Gasteiger partial charge in [-0.2, -0.15) is 0 Å². The molecule has 0 aliphatic carbocycles. The van der Waals surface area contributed by atoms with Gasteiger partial charge in [-0.15, -0.1) is 0 Å². The highest BCUT2D eigenvalue weighted by Crippen LogP contribution is 2.36. The predicted octanol–water partition coefficient (Wildman–Crippen LogP) is 4.30. The van der Waals surface area contributed by atoms with Gasteiger partial charge >= 0.3 is 0 Å². The van der Waals surface area contributed by atoms with Gasteiger partial charge in [-0.25, -0.2) is 9.97 Å². The number of aliphatic hydroxyl groups excluding tert-OH is 2. The minimum Gasteiger partial charge on any atom is -0.512 e. The molecule has 4 N–H and O–H groups in total. The molecule has 1 saturated heterocycles. The molecular formula is C30H40N6O5. The summed E-state index contributed by atoms with van der Waals surface area (Å²) in [7, 11) is 1.60. The van der Waals surface area contributed by atoms with Crippen LogP contribution in [0.5, 0.6) is 23.1 Å². The Kier molecular flexibility index (Phi) is 9.98. The second kappa shape index (κ2) is 13.6. The van der Waals surface area contributed by atoms with Gasteiger partial charge < -0.3 is 29.7 Å². The second-order valence-corrected chi connectivity index (χ2v) is 10.9. The van der Waals surface area contributed by atoms with Crippen molar-refractivity contribution in [3.63, 3.8) is 0 Å². The maximum atomic E-state index is 10.2. The molecule has 0 bridgehead atoms. The molecule has 220 valence electrons. The third-order valence-electron chi connectivity index (χ3n) is 6.81. The van der Waals surface area contributed by atoms with E-state index in [4.69, 9.17) is 24.7 Å². The van der Waals surface area contributed by atoms with Gasteiger partial charge in [-0.3, -0.25) is 15.2 Å². The lowest BCUT2D eigenvalue weighted by Crippen LogP contribution is -2.48. The van der Waals surface area contributed by atoms with Gasteiger partial charge in [0.2, 0.25) is 5.88 Å². The van der Waals surface area contributed by atoms with Crippen LogP contribution in [0.2, 0.25) is 0 Å². The standard InChI is InChI=1S/C30H40N6O5/c1-30(2,3)27(38)19-28(31)34-21-6-5-7-22(16-21)41-29-23-17-26(25(39-4)18-24(23)32-20-33-29)40-15-13-36-10-8-35(9-11-36)12-14-37/h5-7,16-20,37-38H,8-15H2,1-4H3,(H2,31,34)/b27-19-. The maximum Gasteiger partial charge on any atom is 0.230 e. The molecule has 2 heterocycles. The fourth-order valence-corrected chi connectivity index (χ4v) is 4.35. The number of β-amino-alcohol motifs (C(OH)–C–C–N with tert-alkyl or cyclic N) is 1. The molecule has 0 atom stereocenters. The number of benzene rings is 2. The molecule has 11 heteroatoms. The Labute approximate surface area is 240 Å². The van der Waals surface area contributed by atoms with Crippen molar-refractivity contribution in [2.24, 2.45) is 5.41 Å². The molecule has 1 aromatic heterocycles. The highest BCUT2D eigenvalue weighted by Gasteiger charge is 2.18. The quantitative estimate of drug-likeness (QED) is 0.152. The minimum atomic E-state index is -0.450. The number of amidine groups is 1. The van der Waals surface area contributed by atoms with Crippen molar-refractivity contribution in [1.82, 2.24) is 19.8 Å². The average Bonchev–Trinajstić information content (AvgIpc) is 2.93. The minimum absolute atomic E-state index is 0.0583. The number of piperazine rings is 1. The summed E-state index contributed by atoms with van der Waals surface area (Å²) in [4.78, 5) is 13.4. The summed E-state index contributed by atoms with van der Waals surface area (Å²) in [5.74, 6) is 2.21. The Balaban J connectivity index is 1.45. The van der Waals surface area contributed by atoms with Gasteiger partial charge in [0, 0.05) is 68.6 Å². The van der Waals surface area contributed by atoms with Crippen LogP contribution in [0, 0.1) is 10.8 Å². The topological polar surface area (TPSA) is 136 Å². The fourth-order valence-electron chi connectivity index (χ4n) is 4.35. The van der Waals surface area contributed by atoms with Crippen molar-refractivity contribution in [3.8, 4) is 23.1 Å². The Morgan fingerprint density at radius 3 is 2.46 bits per heavy atom. The molecule has 1 aliphatic rings. The molecule has 41 heavy (non-hydrogen) atoms. The summed E-state index contributed by atoms with van der Waals surface area (Å²) in [5.41, 5.74) is 0.832. The van der Waals surface area contributed by atoms with E-state index in [0.717, 1.165) is 39.3 Å². The van der Waals surface area contributed by atoms with Crippen LogP contribution >= 0.6 is 0 Å². The van der Waals surface area contributed by atoms with Crippen molar-refractivity contribution in [2.75, 3.05) is 64.9 Å². The van der Waals surface area contributed by atoms with E-state index in [-0.39, 0.29) is 18.2 Å². The lowest BCUT2D eigenvalue weighted by molar-refractivity contribution is 0.101. The van der Waals surface area contributed by atoms with Gasteiger partial charge in [-0.1, -0.05) is 26.8 Å². The third kappa shape index (κ3) is 8.29. The SMILES string of the molecule is COc1cc2ncnc(Oc3cccc(NC(=N)/C=C(\O)C(C)(C)C)c3)c2cc1OCCN1CCN(CCO)CC1. The molecule has 0 spiro atoms. The zero-order chi connectivity index (χ0) is 29.4. The van der Waals surface area contributed by atoms with Crippen LogP contribution in [-0.2, 0) is 0 Å². The summed E-state index contributed by atoms with van der Waals surface area (Å²) in [5, 5.41) is 31.2. The molecular weight excluding hydrogens is 524 g/mol. The number of nitrogens with zero attached hydrogens (tertiary/aromatic N) is 4. The predicted molar refractivity (Wildman–Crippen MR) is 160 cm³/mol. The van der Waals surface area contributed by atoms with Crippen LogP contribution in [-0.4, -0.2) is 95.4 Å². The molecule has 2 aromatic carbocycles. The van der Waals surface area contributed by atoms with Crippen molar-refractivity contribution in [2.45, 2.75) is 20.8 Å². The van der Waals surface area contributed by atoms with Crippen LogP contribution in [0.15, 0.2) is 54.6 Å². The van der Waals surface area contributed by atoms with Gasteiger partial charge in [0.25, 0.3) is 0 Å². The summed E-state index contributed by atoms with van der Waals surface area (Å²) in [6.45, 7) is 11.5. The number of hydrogen-bond donors (Lipinski definition) is 4. The van der Waals surface area contributed by atoms with Crippen LogP contribution in [0.3, 0.4) is 0 Å². The summed E-state index contributed by atoms with van der Waals surface area (Å²) >= 11 is 0. The van der Waals surface area contributed by atoms with Crippen molar-refractivity contribution in [1.29, 1.82) is 5.41 Å². The lowest BCUT2D eigenvalue weighted by atomic mass is 9.93. The zero-order valence-corrected chi connectivity index (χ0v) is 24.2.